The van der Waals surface area contributed by atoms with E-state index in [2.05, 4.69) is 20.3 Å². The quantitative estimate of drug-likeness (QED) is 0.761. The maximum Gasteiger partial charge on any atom is 0.224 e. The molecule has 0 aliphatic rings. The van der Waals surface area contributed by atoms with Gasteiger partial charge in [0.1, 0.15) is 5.82 Å². The first-order valence-corrected chi connectivity index (χ1v) is 6.51. The summed E-state index contributed by atoms with van der Waals surface area (Å²) in [5, 5.41) is 4.06. The number of fused-ring (bicyclic) bond motifs is 1. The fourth-order valence-electron chi connectivity index (χ4n) is 2.10. The SMILES string of the molecule is CCNc1nc(N)nc2nc(-c3ccccc3)ccc12. The van der Waals surface area contributed by atoms with Crippen LogP contribution in [0.4, 0.5) is 11.8 Å². The number of benzene rings is 1. The van der Waals surface area contributed by atoms with E-state index in [9.17, 15) is 0 Å². The zero-order valence-corrected chi connectivity index (χ0v) is 11.2. The van der Waals surface area contributed by atoms with Crippen LogP contribution in [0.3, 0.4) is 0 Å². The number of nitrogens with zero attached hydrogens (tertiary/aromatic N) is 3. The summed E-state index contributed by atoms with van der Waals surface area (Å²) in [6.45, 7) is 2.78. The molecule has 0 saturated carbocycles. The van der Waals surface area contributed by atoms with Crippen LogP contribution in [-0.4, -0.2) is 21.5 Å². The molecule has 1 aromatic carbocycles. The number of anilines is 2. The summed E-state index contributed by atoms with van der Waals surface area (Å²) in [5.74, 6) is 0.952. The number of pyridine rings is 1. The predicted molar refractivity (Wildman–Crippen MR) is 81.3 cm³/mol. The highest BCUT2D eigenvalue weighted by atomic mass is 15.1. The Hall–Kier alpha value is -2.69. The summed E-state index contributed by atoms with van der Waals surface area (Å²) in [6.07, 6.45) is 0. The van der Waals surface area contributed by atoms with Gasteiger partial charge in [0.15, 0.2) is 5.65 Å². The summed E-state index contributed by atoms with van der Waals surface area (Å²) in [7, 11) is 0. The van der Waals surface area contributed by atoms with Crippen molar-refractivity contribution in [3.8, 4) is 11.3 Å². The zero-order valence-electron chi connectivity index (χ0n) is 11.2. The smallest absolute Gasteiger partial charge is 0.224 e. The topological polar surface area (TPSA) is 76.7 Å². The molecule has 0 bridgehead atoms. The average Bonchev–Trinajstić information content (AvgIpc) is 2.47. The fourth-order valence-corrected chi connectivity index (χ4v) is 2.10. The minimum atomic E-state index is 0.228. The second kappa shape index (κ2) is 5.13. The van der Waals surface area contributed by atoms with Gasteiger partial charge in [-0.15, -0.1) is 0 Å². The minimum Gasteiger partial charge on any atom is -0.370 e. The molecule has 5 heteroatoms. The molecule has 0 amide bonds. The van der Waals surface area contributed by atoms with E-state index in [-0.39, 0.29) is 5.95 Å². The van der Waals surface area contributed by atoms with E-state index in [4.69, 9.17) is 5.73 Å². The van der Waals surface area contributed by atoms with Gasteiger partial charge in [-0.3, -0.25) is 0 Å². The number of rotatable bonds is 3. The van der Waals surface area contributed by atoms with Crippen LogP contribution in [0.15, 0.2) is 42.5 Å². The van der Waals surface area contributed by atoms with Crippen molar-refractivity contribution in [3.63, 3.8) is 0 Å². The van der Waals surface area contributed by atoms with Crippen molar-refractivity contribution in [1.82, 2.24) is 15.0 Å². The molecule has 0 fully saturated rings. The Morgan fingerprint density at radius 2 is 1.80 bits per heavy atom. The fraction of sp³-hybridized carbons (Fsp3) is 0.133. The second-order valence-corrected chi connectivity index (χ2v) is 4.39. The van der Waals surface area contributed by atoms with E-state index in [0.717, 1.165) is 29.0 Å². The molecule has 0 spiro atoms. The number of nitrogen functional groups attached to an aromatic ring is 1. The number of nitrogens with one attached hydrogen (secondary N) is 1. The highest BCUT2D eigenvalue weighted by molar-refractivity contribution is 5.89. The van der Waals surface area contributed by atoms with Gasteiger partial charge < -0.3 is 11.1 Å². The molecular weight excluding hydrogens is 250 g/mol. The summed E-state index contributed by atoms with van der Waals surface area (Å²) in [4.78, 5) is 13.0. The second-order valence-electron chi connectivity index (χ2n) is 4.39. The highest BCUT2D eigenvalue weighted by Crippen LogP contribution is 2.24. The third-order valence-corrected chi connectivity index (χ3v) is 2.99. The number of hydrogen-bond acceptors (Lipinski definition) is 5. The zero-order chi connectivity index (χ0) is 13.9. The molecular formula is C15H15N5. The van der Waals surface area contributed by atoms with Crippen molar-refractivity contribution < 1.29 is 0 Å². The molecule has 2 heterocycles. The van der Waals surface area contributed by atoms with Crippen LogP contribution in [-0.2, 0) is 0 Å². The van der Waals surface area contributed by atoms with Crippen LogP contribution in [0.5, 0.6) is 0 Å². The van der Waals surface area contributed by atoms with Gasteiger partial charge >= 0.3 is 0 Å². The van der Waals surface area contributed by atoms with Crippen molar-refractivity contribution in [1.29, 1.82) is 0 Å². The van der Waals surface area contributed by atoms with Crippen LogP contribution >= 0.6 is 0 Å². The first-order chi connectivity index (χ1) is 9.78. The Morgan fingerprint density at radius 1 is 1.00 bits per heavy atom. The van der Waals surface area contributed by atoms with Gasteiger partial charge in [0.05, 0.1) is 11.1 Å². The Kier molecular flexibility index (Phi) is 3.16. The van der Waals surface area contributed by atoms with Gasteiger partial charge in [-0.1, -0.05) is 30.3 Å². The van der Waals surface area contributed by atoms with Crippen LogP contribution in [0, 0.1) is 0 Å². The standard InChI is InChI=1S/C15H15N5/c1-2-17-13-11-8-9-12(10-6-4-3-5-7-10)18-14(11)20-15(16)19-13/h3-9H,2H2,1H3,(H3,16,17,18,19,20). The van der Waals surface area contributed by atoms with Gasteiger partial charge in [0.25, 0.3) is 0 Å². The minimum absolute atomic E-state index is 0.228. The molecule has 20 heavy (non-hydrogen) atoms. The predicted octanol–water partition coefficient (Wildman–Crippen LogP) is 2.71. The van der Waals surface area contributed by atoms with Crippen LogP contribution in [0.2, 0.25) is 0 Å². The summed E-state index contributed by atoms with van der Waals surface area (Å²) >= 11 is 0. The number of nitrogens with two attached hydrogens (primary N) is 1. The third kappa shape index (κ3) is 2.25. The molecule has 0 unspecified atom stereocenters. The first-order valence-electron chi connectivity index (χ1n) is 6.51. The van der Waals surface area contributed by atoms with Crippen molar-refractivity contribution in [2.45, 2.75) is 6.92 Å². The van der Waals surface area contributed by atoms with Gasteiger partial charge in [-0.25, -0.2) is 4.98 Å². The Morgan fingerprint density at radius 3 is 2.55 bits per heavy atom. The lowest BCUT2D eigenvalue weighted by atomic mass is 10.1. The highest BCUT2D eigenvalue weighted by Gasteiger charge is 2.08. The molecule has 3 rings (SSSR count). The molecule has 0 atom stereocenters. The molecule has 0 aliphatic carbocycles. The van der Waals surface area contributed by atoms with E-state index in [1.807, 2.05) is 49.4 Å². The van der Waals surface area contributed by atoms with Gasteiger partial charge in [0.2, 0.25) is 5.95 Å². The van der Waals surface area contributed by atoms with Crippen LogP contribution < -0.4 is 11.1 Å². The van der Waals surface area contributed by atoms with E-state index in [1.54, 1.807) is 0 Å². The molecule has 2 aromatic heterocycles. The maximum absolute atomic E-state index is 5.74. The summed E-state index contributed by atoms with van der Waals surface area (Å²) < 4.78 is 0. The van der Waals surface area contributed by atoms with Crippen LogP contribution in [0.1, 0.15) is 6.92 Å². The normalized spacial score (nSPS) is 10.7. The number of hydrogen-bond donors (Lipinski definition) is 2. The lowest BCUT2D eigenvalue weighted by molar-refractivity contribution is 1.14. The number of aromatic nitrogens is 3. The lowest BCUT2D eigenvalue weighted by Gasteiger charge is -2.08. The monoisotopic (exact) mass is 265 g/mol. The molecule has 3 aromatic rings. The molecule has 0 saturated heterocycles. The van der Waals surface area contributed by atoms with Gasteiger partial charge in [0, 0.05) is 12.1 Å². The van der Waals surface area contributed by atoms with E-state index in [0.29, 0.717) is 5.65 Å². The summed E-state index contributed by atoms with van der Waals surface area (Å²) in [6, 6.07) is 13.9. The van der Waals surface area contributed by atoms with Crippen molar-refractivity contribution in [3.05, 3.63) is 42.5 Å². The first kappa shape index (κ1) is 12.3. The van der Waals surface area contributed by atoms with Crippen molar-refractivity contribution in [2.24, 2.45) is 0 Å². The third-order valence-electron chi connectivity index (χ3n) is 2.99. The van der Waals surface area contributed by atoms with Crippen LogP contribution in [0.25, 0.3) is 22.3 Å². The van der Waals surface area contributed by atoms with Gasteiger partial charge in [-0.2, -0.15) is 9.97 Å². The Balaban J connectivity index is 2.16. The van der Waals surface area contributed by atoms with E-state index < -0.39 is 0 Å². The maximum atomic E-state index is 5.74. The lowest BCUT2D eigenvalue weighted by Crippen LogP contribution is -2.05. The molecule has 100 valence electrons. The molecule has 0 radical (unpaired) electrons. The molecule has 5 nitrogen and oxygen atoms in total. The van der Waals surface area contributed by atoms with Crippen molar-refractivity contribution >= 4 is 22.8 Å². The molecule has 0 aliphatic heterocycles. The largest absolute Gasteiger partial charge is 0.370 e. The van der Waals surface area contributed by atoms with E-state index >= 15 is 0 Å². The Labute approximate surface area is 116 Å². The van der Waals surface area contributed by atoms with Gasteiger partial charge in [-0.05, 0) is 19.1 Å². The summed E-state index contributed by atoms with van der Waals surface area (Å²) in [5.41, 5.74) is 8.27. The van der Waals surface area contributed by atoms with E-state index in [1.165, 1.54) is 0 Å². The van der Waals surface area contributed by atoms with Crippen molar-refractivity contribution in [2.75, 3.05) is 17.6 Å². The molecule has 3 N–H and O–H groups in total. The Bertz CT molecular complexity index is 740. The average molecular weight is 265 g/mol.